The fourth-order valence-corrected chi connectivity index (χ4v) is 6.65. The number of carbonyl (C=O) groups excluding carboxylic acids is 2. The van der Waals surface area contributed by atoms with Crippen molar-refractivity contribution in [1.82, 2.24) is 10.2 Å². The van der Waals surface area contributed by atoms with Gasteiger partial charge in [-0.25, -0.2) is 8.42 Å². The average Bonchev–Trinajstić information content (AvgIpc) is 2.94. The standard InChI is InChI=1S/C33H40ClN3O4S/c1-24-18-25(2)20-29(19-24)37(42(3,40)41)23-32(38)36(22-27-14-10-11-17-30(27)34)31(21-26-12-6-4-7-13-26)33(39)35-28-15-8-5-9-16-28/h4,6-7,10-14,17-20,28,31H,5,8-9,15-16,21-23H2,1-3H3,(H,35,39). The summed E-state index contributed by atoms with van der Waals surface area (Å²) in [6, 6.07) is 21.4. The Bertz CT molecular complexity index is 1470. The molecule has 3 aromatic rings. The van der Waals surface area contributed by atoms with Crippen molar-refractivity contribution in [2.45, 2.75) is 71.0 Å². The van der Waals surface area contributed by atoms with E-state index in [9.17, 15) is 18.0 Å². The van der Waals surface area contributed by atoms with Gasteiger partial charge < -0.3 is 10.2 Å². The number of carbonyl (C=O) groups is 2. The van der Waals surface area contributed by atoms with Crippen LogP contribution in [0.15, 0.2) is 72.8 Å². The molecule has 1 N–H and O–H groups in total. The van der Waals surface area contributed by atoms with Gasteiger partial charge in [-0.1, -0.05) is 85.5 Å². The van der Waals surface area contributed by atoms with Crippen LogP contribution in [0.2, 0.25) is 5.02 Å². The molecule has 1 saturated carbocycles. The quantitative estimate of drug-likeness (QED) is 0.297. The molecular formula is C33H40ClN3O4S. The topological polar surface area (TPSA) is 86.8 Å². The third-order valence-electron chi connectivity index (χ3n) is 7.69. The van der Waals surface area contributed by atoms with Gasteiger partial charge in [0.1, 0.15) is 12.6 Å². The van der Waals surface area contributed by atoms with Crippen molar-refractivity contribution < 1.29 is 18.0 Å². The van der Waals surface area contributed by atoms with Crippen molar-refractivity contribution >= 4 is 39.1 Å². The van der Waals surface area contributed by atoms with Gasteiger partial charge >= 0.3 is 0 Å². The van der Waals surface area contributed by atoms with Crippen LogP contribution in [0.5, 0.6) is 0 Å². The van der Waals surface area contributed by atoms with Crippen molar-refractivity contribution in [3.05, 3.63) is 100 Å². The van der Waals surface area contributed by atoms with Gasteiger partial charge in [0, 0.05) is 24.0 Å². The van der Waals surface area contributed by atoms with E-state index in [4.69, 9.17) is 11.6 Å². The maximum Gasteiger partial charge on any atom is 0.244 e. The Morgan fingerprint density at radius 2 is 1.55 bits per heavy atom. The molecule has 0 aromatic heterocycles. The molecule has 0 heterocycles. The number of aryl methyl sites for hydroxylation is 2. The molecule has 1 atom stereocenters. The zero-order valence-electron chi connectivity index (χ0n) is 24.6. The first-order chi connectivity index (χ1) is 20.0. The van der Waals surface area contributed by atoms with Crippen LogP contribution in [0, 0.1) is 13.8 Å². The monoisotopic (exact) mass is 609 g/mol. The summed E-state index contributed by atoms with van der Waals surface area (Å²) in [4.78, 5) is 29.8. The summed E-state index contributed by atoms with van der Waals surface area (Å²) in [6.45, 7) is 3.37. The van der Waals surface area contributed by atoms with Gasteiger partial charge in [0.15, 0.2) is 0 Å². The summed E-state index contributed by atoms with van der Waals surface area (Å²) in [5.41, 5.74) is 3.74. The van der Waals surface area contributed by atoms with E-state index in [2.05, 4.69) is 5.32 Å². The van der Waals surface area contributed by atoms with Crippen LogP contribution in [0.25, 0.3) is 0 Å². The highest BCUT2D eigenvalue weighted by molar-refractivity contribution is 7.92. The lowest BCUT2D eigenvalue weighted by molar-refractivity contribution is -0.140. The smallest absolute Gasteiger partial charge is 0.244 e. The lowest BCUT2D eigenvalue weighted by Gasteiger charge is -2.35. The summed E-state index contributed by atoms with van der Waals surface area (Å²) in [5, 5.41) is 3.68. The van der Waals surface area contributed by atoms with E-state index < -0.39 is 28.5 Å². The van der Waals surface area contributed by atoms with Gasteiger partial charge in [-0.05, 0) is 67.1 Å². The second-order valence-electron chi connectivity index (χ2n) is 11.3. The fraction of sp³-hybridized carbons (Fsp3) is 0.394. The first-order valence-electron chi connectivity index (χ1n) is 14.4. The number of benzene rings is 3. The molecule has 9 heteroatoms. The molecular weight excluding hydrogens is 570 g/mol. The minimum Gasteiger partial charge on any atom is -0.352 e. The van der Waals surface area contributed by atoms with E-state index in [1.165, 1.54) is 4.90 Å². The van der Waals surface area contributed by atoms with Crippen LogP contribution >= 0.6 is 11.6 Å². The molecule has 0 spiro atoms. The third kappa shape index (κ3) is 8.58. The van der Waals surface area contributed by atoms with Crippen LogP contribution in [-0.4, -0.2) is 50.0 Å². The number of hydrogen-bond acceptors (Lipinski definition) is 4. The Balaban J connectivity index is 1.74. The molecule has 4 rings (SSSR count). The van der Waals surface area contributed by atoms with Crippen molar-refractivity contribution in [2.75, 3.05) is 17.1 Å². The van der Waals surface area contributed by atoms with Crippen LogP contribution in [0.1, 0.15) is 54.4 Å². The molecule has 2 amide bonds. The van der Waals surface area contributed by atoms with E-state index in [-0.39, 0.29) is 24.9 Å². The summed E-state index contributed by atoms with van der Waals surface area (Å²) in [6.07, 6.45) is 6.42. The van der Waals surface area contributed by atoms with E-state index in [0.29, 0.717) is 16.3 Å². The Morgan fingerprint density at radius 3 is 2.17 bits per heavy atom. The second-order valence-corrected chi connectivity index (χ2v) is 13.6. The van der Waals surface area contributed by atoms with Crippen LogP contribution in [0.4, 0.5) is 5.69 Å². The number of halogens is 1. The van der Waals surface area contributed by atoms with Gasteiger partial charge in [0.25, 0.3) is 0 Å². The van der Waals surface area contributed by atoms with Gasteiger partial charge in [0.2, 0.25) is 21.8 Å². The van der Waals surface area contributed by atoms with Crippen molar-refractivity contribution in [2.24, 2.45) is 0 Å². The molecule has 0 radical (unpaired) electrons. The largest absolute Gasteiger partial charge is 0.352 e. The highest BCUT2D eigenvalue weighted by Crippen LogP contribution is 2.25. The Morgan fingerprint density at radius 1 is 0.929 bits per heavy atom. The van der Waals surface area contributed by atoms with Crippen molar-refractivity contribution in [3.8, 4) is 0 Å². The Hall–Kier alpha value is -3.36. The number of nitrogens with zero attached hydrogens (tertiary/aromatic N) is 2. The van der Waals surface area contributed by atoms with Crippen LogP contribution in [-0.2, 0) is 32.6 Å². The Labute approximate surface area is 254 Å². The van der Waals surface area contributed by atoms with Crippen LogP contribution < -0.4 is 9.62 Å². The first-order valence-corrected chi connectivity index (χ1v) is 16.7. The summed E-state index contributed by atoms with van der Waals surface area (Å²) in [5.74, 6) is -0.734. The van der Waals surface area contributed by atoms with E-state index in [0.717, 1.165) is 59.4 Å². The highest BCUT2D eigenvalue weighted by atomic mass is 35.5. The predicted molar refractivity (Wildman–Crippen MR) is 169 cm³/mol. The van der Waals surface area contributed by atoms with Crippen molar-refractivity contribution in [1.29, 1.82) is 0 Å². The zero-order chi connectivity index (χ0) is 30.3. The molecule has 1 fully saturated rings. The van der Waals surface area contributed by atoms with E-state index in [1.807, 2.05) is 62.4 Å². The minimum atomic E-state index is -3.83. The molecule has 0 bridgehead atoms. The minimum absolute atomic E-state index is 0.0459. The summed E-state index contributed by atoms with van der Waals surface area (Å²) in [7, 11) is -3.83. The molecule has 1 unspecified atom stereocenters. The average molecular weight is 610 g/mol. The zero-order valence-corrected chi connectivity index (χ0v) is 26.1. The first kappa shape index (κ1) is 31.6. The molecule has 7 nitrogen and oxygen atoms in total. The Kier molecular flexibility index (Phi) is 10.7. The lowest BCUT2D eigenvalue weighted by Crippen LogP contribution is -2.55. The lowest BCUT2D eigenvalue weighted by atomic mass is 9.94. The number of amides is 2. The van der Waals surface area contributed by atoms with E-state index >= 15 is 0 Å². The summed E-state index contributed by atoms with van der Waals surface area (Å²) >= 11 is 6.54. The number of nitrogens with one attached hydrogen (secondary N) is 1. The van der Waals surface area contributed by atoms with Gasteiger partial charge in [0.05, 0.1) is 11.9 Å². The number of rotatable bonds is 11. The molecule has 1 aliphatic rings. The fourth-order valence-electron chi connectivity index (χ4n) is 5.62. The molecule has 0 aliphatic heterocycles. The number of sulfonamides is 1. The maximum absolute atomic E-state index is 14.3. The highest BCUT2D eigenvalue weighted by Gasteiger charge is 2.34. The molecule has 1 aliphatic carbocycles. The summed E-state index contributed by atoms with van der Waals surface area (Å²) < 4.78 is 27.2. The number of hydrogen-bond donors (Lipinski definition) is 1. The second kappa shape index (κ2) is 14.2. The molecule has 42 heavy (non-hydrogen) atoms. The van der Waals surface area contributed by atoms with Gasteiger partial charge in [-0.15, -0.1) is 0 Å². The molecule has 3 aromatic carbocycles. The molecule has 0 saturated heterocycles. The predicted octanol–water partition coefficient (Wildman–Crippen LogP) is 5.81. The molecule has 224 valence electrons. The van der Waals surface area contributed by atoms with Crippen molar-refractivity contribution in [3.63, 3.8) is 0 Å². The van der Waals surface area contributed by atoms with E-state index in [1.54, 1.807) is 24.3 Å². The van der Waals surface area contributed by atoms with Gasteiger partial charge in [-0.3, -0.25) is 13.9 Å². The number of anilines is 1. The van der Waals surface area contributed by atoms with Crippen LogP contribution in [0.3, 0.4) is 0 Å². The maximum atomic E-state index is 14.3. The third-order valence-corrected chi connectivity index (χ3v) is 9.20. The SMILES string of the molecule is Cc1cc(C)cc(N(CC(=O)N(Cc2ccccc2Cl)C(Cc2ccccc2)C(=O)NC2CCCCC2)S(C)(=O)=O)c1. The van der Waals surface area contributed by atoms with Gasteiger partial charge in [-0.2, -0.15) is 0 Å². The normalized spacial score (nSPS) is 14.7.